The Hall–Kier alpha value is -2.44. The highest BCUT2D eigenvalue weighted by molar-refractivity contribution is 5.80. The zero-order chi connectivity index (χ0) is 14.5. The number of anilines is 1. The minimum Gasteiger partial charge on any atom is -0.379 e. The molecule has 0 aliphatic heterocycles. The van der Waals surface area contributed by atoms with E-state index in [0.29, 0.717) is 24.6 Å². The summed E-state index contributed by atoms with van der Waals surface area (Å²) in [7, 11) is 0. The van der Waals surface area contributed by atoms with Gasteiger partial charge in [0.2, 0.25) is 5.91 Å². The minimum atomic E-state index is -0.556. The molecule has 1 aliphatic carbocycles. The molecule has 0 aromatic heterocycles. The van der Waals surface area contributed by atoms with Gasteiger partial charge in [-0.15, -0.1) is 0 Å². The summed E-state index contributed by atoms with van der Waals surface area (Å²) in [4.78, 5) is 32.4. The zero-order valence-corrected chi connectivity index (χ0v) is 10.8. The standard InChI is InChI=1S/C13H15N3O4/c17-8-9-1-4-11(12(7-9)16(19)20)14-6-5-13(18)15-10-2-3-10/h1,4,7-8,10,14H,2-3,5-6H2,(H,15,18). The Balaban J connectivity index is 1.92. The van der Waals surface area contributed by atoms with E-state index in [0.717, 1.165) is 12.8 Å². The second-order valence-corrected chi connectivity index (χ2v) is 4.67. The van der Waals surface area contributed by atoms with Gasteiger partial charge in [0.05, 0.1) is 4.92 Å². The predicted octanol–water partition coefficient (Wildman–Crippen LogP) is 1.49. The van der Waals surface area contributed by atoms with Crippen LogP contribution in [-0.2, 0) is 4.79 Å². The summed E-state index contributed by atoms with van der Waals surface area (Å²) in [5.41, 5.74) is 0.380. The maximum Gasteiger partial charge on any atom is 0.293 e. The third-order valence-electron chi connectivity index (χ3n) is 2.96. The largest absolute Gasteiger partial charge is 0.379 e. The molecule has 1 aromatic rings. The van der Waals surface area contributed by atoms with Crippen LogP contribution in [0.4, 0.5) is 11.4 Å². The van der Waals surface area contributed by atoms with Crippen LogP contribution in [-0.4, -0.2) is 29.7 Å². The molecule has 0 radical (unpaired) electrons. The van der Waals surface area contributed by atoms with Gasteiger partial charge < -0.3 is 10.6 Å². The molecule has 0 saturated heterocycles. The Morgan fingerprint density at radius 2 is 2.20 bits per heavy atom. The number of rotatable bonds is 7. The third kappa shape index (κ3) is 3.78. The average Bonchev–Trinajstić information content (AvgIpc) is 3.22. The normalized spacial score (nSPS) is 13.6. The number of benzene rings is 1. The number of amides is 1. The minimum absolute atomic E-state index is 0.0628. The van der Waals surface area contributed by atoms with E-state index in [1.54, 1.807) is 0 Å². The number of carbonyl (C=O) groups is 2. The summed E-state index contributed by atoms with van der Waals surface area (Å²) in [6.07, 6.45) is 2.86. The molecule has 1 aromatic carbocycles. The molecule has 7 nitrogen and oxygen atoms in total. The number of nitro groups is 1. The lowest BCUT2D eigenvalue weighted by Crippen LogP contribution is -2.27. The molecule has 0 heterocycles. The van der Waals surface area contributed by atoms with Crippen LogP contribution in [0.1, 0.15) is 29.6 Å². The first-order valence-electron chi connectivity index (χ1n) is 6.37. The maximum absolute atomic E-state index is 11.5. The lowest BCUT2D eigenvalue weighted by molar-refractivity contribution is -0.384. The highest BCUT2D eigenvalue weighted by atomic mass is 16.6. The molecular weight excluding hydrogens is 262 g/mol. The SMILES string of the molecule is O=Cc1ccc(NCCC(=O)NC2CC2)c([N+](=O)[O-])c1. The second-order valence-electron chi connectivity index (χ2n) is 4.67. The quantitative estimate of drug-likeness (QED) is 0.446. The first-order chi connectivity index (χ1) is 9.60. The van der Waals surface area contributed by atoms with Crippen molar-refractivity contribution in [3.63, 3.8) is 0 Å². The van der Waals surface area contributed by atoms with Gasteiger partial charge in [0, 0.05) is 30.6 Å². The summed E-state index contributed by atoms with van der Waals surface area (Å²) in [6.45, 7) is 0.305. The number of hydrogen-bond acceptors (Lipinski definition) is 5. The molecule has 1 aliphatic rings. The molecule has 0 bridgehead atoms. The van der Waals surface area contributed by atoms with Crippen molar-refractivity contribution in [2.75, 3.05) is 11.9 Å². The first-order valence-corrected chi connectivity index (χ1v) is 6.37. The molecule has 2 N–H and O–H groups in total. The number of nitrogens with zero attached hydrogens (tertiary/aromatic N) is 1. The summed E-state index contributed by atoms with van der Waals surface area (Å²) >= 11 is 0. The summed E-state index contributed by atoms with van der Waals surface area (Å²) < 4.78 is 0. The fourth-order valence-electron chi connectivity index (χ4n) is 1.76. The van der Waals surface area contributed by atoms with Crippen LogP contribution in [0.15, 0.2) is 18.2 Å². The van der Waals surface area contributed by atoms with E-state index in [2.05, 4.69) is 10.6 Å². The monoisotopic (exact) mass is 277 g/mol. The Bertz CT molecular complexity index is 540. The molecule has 7 heteroatoms. The van der Waals surface area contributed by atoms with Crippen LogP contribution in [0, 0.1) is 10.1 Å². The van der Waals surface area contributed by atoms with Gasteiger partial charge in [0.25, 0.3) is 5.69 Å². The maximum atomic E-state index is 11.5. The number of nitrogens with one attached hydrogen (secondary N) is 2. The van der Waals surface area contributed by atoms with Crippen LogP contribution in [0.3, 0.4) is 0 Å². The molecule has 2 rings (SSSR count). The Morgan fingerprint density at radius 1 is 1.45 bits per heavy atom. The lowest BCUT2D eigenvalue weighted by atomic mass is 10.2. The van der Waals surface area contributed by atoms with Gasteiger partial charge in [-0.3, -0.25) is 19.7 Å². The molecule has 0 unspecified atom stereocenters. The van der Waals surface area contributed by atoms with Crippen molar-refractivity contribution in [3.05, 3.63) is 33.9 Å². The predicted molar refractivity (Wildman–Crippen MR) is 72.8 cm³/mol. The molecule has 20 heavy (non-hydrogen) atoms. The van der Waals surface area contributed by atoms with Crippen molar-refractivity contribution in [3.8, 4) is 0 Å². The number of nitro benzene ring substituents is 1. The molecule has 1 fully saturated rings. The van der Waals surface area contributed by atoms with E-state index in [1.807, 2.05) is 0 Å². The fraction of sp³-hybridized carbons (Fsp3) is 0.385. The Labute approximate surface area is 115 Å². The Morgan fingerprint density at radius 3 is 2.80 bits per heavy atom. The van der Waals surface area contributed by atoms with Crippen molar-refractivity contribution in [1.82, 2.24) is 5.32 Å². The van der Waals surface area contributed by atoms with Gasteiger partial charge in [0.1, 0.15) is 12.0 Å². The van der Waals surface area contributed by atoms with Crippen molar-refractivity contribution in [2.24, 2.45) is 0 Å². The lowest BCUT2D eigenvalue weighted by Gasteiger charge is -2.07. The van der Waals surface area contributed by atoms with Gasteiger partial charge >= 0.3 is 0 Å². The van der Waals surface area contributed by atoms with Crippen molar-refractivity contribution in [2.45, 2.75) is 25.3 Å². The third-order valence-corrected chi connectivity index (χ3v) is 2.96. The molecular formula is C13H15N3O4. The van der Waals surface area contributed by atoms with E-state index < -0.39 is 4.92 Å². The zero-order valence-electron chi connectivity index (χ0n) is 10.8. The molecule has 1 amide bonds. The van der Waals surface area contributed by atoms with Gasteiger partial charge in [-0.2, -0.15) is 0 Å². The van der Waals surface area contributed by atoms with Crippen molar-refractivity contribution < 1.29 is 14.5 Å². The van der Waals surface area contributed by atoms with E-state index in [-0.39, 0.29) is 23.6 Å². The molecule has 0 atom stereocenters. The van der Waals surface area contributed by atoms with Crippen LogP contribution < -0.4 is 10.6 Å². The molecule has 0 spiro atoms. The van der Waals surface area contributed by atoms with Crippen molar-refractivity contribution in [1.29, 1.82) is 0 Å². The summed E-state index contributed by atoms with van der Waals surface area (Å²) in [5.74, 6) is -0.0628. The number of hydrogen-bond donors (Lipinski definition) is 2. The van der Waals surface area contributed by atoms with Gasteiger partial charge in [-0.1, -0.05) is 0 Å². The number of carbonyl (C=O) groups excluding carboxylic acids is 2. The smallest absolute Gasteiger partial charge is 0.293 e. The first kappa shape index (κ1) is 14.0. The van der Waals surface area contributed by atoms with E-state index in [9.17, 15) is 19.7 Å². The van der Waals surface area contributed by atoms with Crippen LogP contribution in [0.2, 0.25) is 0 Å². The van der Waals surface area contributed by atoms with Gasteiger partial charge in [-0.05, 0) is 25.0 Å². The van der Waals surface area contributed by atoms with Crippen molar-refractivity contribution >= 4 is 23.6 Å². The summed E-state index contributed by atoms with van der Waals surface area (Å²) in [5, 5.41) is 16.6. The highest BCUT2D eigenvalue weighted by Gasteiger charge is 2.23. The highest BCUT2D eigenvalue weighted by Crippen LogP contribution is 2.25. The number of aldehydes is 1. The van der Waals surface area contributed by atoms with E-state index in [4.69, 9.17) is 0 Å². The second kappa shape index (κ2) is 6.14. The molecule has 1 saturated carbocycles. The van der Waals surface area contributed by atoms with Crippen LogP contribution in [0.25, 0.3) is 0 Å². The Kier molecular flexibility index (Phi) is 4.29. The topological polar surface area (TPSA) is 101 Å². The van der Waals surface area contributed by atoms with Gasteiger partial charge in [-0.25, -0.2) is 0 Å². The van der Waals surface area contributed by atoms with Gasteiger partial charge in [0.15, 0.2) is 0 Å². The molecule has 106 valence electrons. The average molecular weight is 277 g/mol. The van der Waals surface area contributed by atoms with Crippen LogP contribution in [0.5, 0.6) is 0 Å². The summed E-state index contributed by atoms with van der Waals surface area (Å²) in [6, 6.07) is 4.48. The van der Waals surface area contributed by atoms with Crippen LogP contribution >= 0.6 is 0 Å². The van der Waals surface area contributed by atoms with E-state index >= 15 is 0 Å². The van der Waals surface area contributed by atoms with E-state index in [1.165, 1.54) is 18.2 Å². The fourth-order valence-corrected chi connectivity index (χ4v) is 1.76.